The predicted molar refractivity (Wildman–Crippen MR) is 70.0 cm³/mol. The van der Waals surface area contributed by atoms with Crippen LogP contribution in [0.15, 0.2) is 48.7 Å². The van der Waals surface area contributed by atoms with E-state index in [-0.39, 0.29) is 0 Å². The van der Waals surface area contributed by atoms with Crippen LogP contribution in [0.4, 0.5) is 0 Å². The monoisotopic (exact) mass is 224 g/mol. The van der Waals surface area contributed by atoms with Crippen molar-refractivity contribution in [3.05, 3.63) is 54.2 Å². The summed E-state index contributed by atoms with van der Waals surface area (Å²) >= 11 is 0. The Kier molecular flexibility index (Phi) is 3.99. The van der Waals surface area contributed by atoms with E-state index < -0.39 is 0 Å². The Bertz CT molecular complexity index is 446. The van der Waals surface area contributed by atoms with Gasteiger partial charge in [-0.3, -0.25) is 0 Å². The van der Waals surface area contributed by atoms with Crippen molar-refractivity contribution in [2.45, 2.75) is 12.8 Å². The summed E-state index contributed by atoms with van der Waals surface area (Å²) in [4.78, 5) is 2.29. The molecule has 0 saturated carbocycles. The first kappa shape index (κ1) is 11.5. The summed E-state index contributed by atoms with van der Waals surface area (Å²) in [5, 5.41) is 9.11. The second-order valence-corrected chi connectivity index (χ2v) is 4.14. The highest BCUT2D eigenvalue weighted by atomic mass is 15.1. The first-order chi connectivity index (χ1) is 8.40. The van der Waals surface area contributed by atoms with Gasteiger partial charge in [0.2, 0.25) is 0 Å². The minimum atomic E-state index is 0.709. The molecule has 1 aromatic rings. The Labute approximate surface area is 102 Å². The molecule has 0 aliphatic carbocycles. The van der Waals surface area contributed by atoms with Crippen LogP contribution in [0.25, 0.3) is 5.57 Å². The molecule has 0 amide bonds. The van der Waals surface area contributed by atoms with E-state index in [0.29, 0.717) is 5.57 Å². The number of hydrogen-bond acceptors (Lipinski definition) is 2. The Morgan fingerprint density at radius 1 is 1.18 bits per heavy atom. The van der Waals surface area contributed by atoms with Crippen molar-refractivity contribution >= 4 is 5.57 Å². The molecule has 0 N–H and O–H groups in total. The van der Waals surface area contributed by atoms with Gasteiger partial charge in [0.05, 0.1) is 11.6 Å². The molecule has 86 valence electrons. The molecule has 2 rings (SSSR count). The molecule has 0 atom stereocenters. The molecule has 2 nitrogen and oxygen atoms in total. The zero-order valence-corrected chi connectivity index (χ0v) is 9.84. The average molecular weight is 224 g/mol. The number of benzene rings is 1. The normalized spacial score (nSPS) is 16.4. The molecule has 1 aliphatic rings. The maximum absolute atomic E-state index is 9.11. The third-order valence-electron chi connectivity index (χ3n) is 2.91. The van der Waals surface area contributed by atoms with Gasteiger partial charge >= 0.3 is 0 Å². The Balaban J connectivity index is 2.06. The van der Waals surface area contributed by atoms with Crippen molar-refractivity contribution in [1.82, 2.24) is 4.90 Å². The third kappa shape index (κ3) is 3.22. The van der Waals surface area contributed by atoms with Crippen molar-refractivity contribution in [2.75, 3.05) is 13.1 Å². The third-order valence-corrected chi connectivity index (χ3v) is 2.91. The van der Waals surface area contributed by atoms with Crippen molar-refractivity contribution in [2.24, 2.45) is 0 Å². The zero-order chi connectivity index (χ0) is 11.9. The summed E-state index contributed by atoms with van der Waals surface area (Å²) in [6.07, 6.45) is 8.48. The van der Waals surface area contributed by atoms with E-state index in [4.69, 9.17) is 5.26 Å². The summed E-state index contributed by atoms with van der Waals surface area (Å²) < 4.78 is 0. The lowest BCUT2D eigenvalue weighted by Gasteiger charge is -2.09. The smallest absolute Gasteiger partial charge is 0.0997 e. The summed E-state index contributed by atoms with van der Waals surface area (Å²) in [5.74, 6) is 0. The topological polar surface area (TPSA) is 27.0 Å². The molecule has 1 fully saturated rings. The summed E-state index contributed by atoms with van der Waals surface area (Å²) in [7, 11) is 0. The number of rotatable bonds is 3. The first-order valence-electron chi connectivity index (χ1n) is 5.98. The fourth-order valence-electron chi connectivity index (χ4n) is 1.97. The van der Waals surface area contributed by atoms with E-state index in [9.17, 15) is 0 Å². The molecule has 1 aliphatic heterocycles. The van der Waals surface area contributed by atoms with Gasteiger partial charge in [0.1, 0.15) is 0 Å². The van der Waals surface area contributed by atoms with Crippen molar-refractivity contribution < 1.29 is 0 Å². The number of hydrogen-bond donors (Lipinski definition) is 0. The first-order valence-corrected chi connectivity index (χ1v) is 5.98. The van der Waals surface area contributed by atoms with Gasteiger partial charge in [0.15, 0.2) is 0 Å². The van der Waals surface area contributed by atoms with Crippen LogP contribution in [0.1, 0.15) is 18.4 Å². The van der Waals surface area contributed by atoms with Crippen molar-refractivity contribution in [3.63, 3.8) is 0 Å². The molecule has 1 aromatic carbocycles. The van der Waals surface area contributed by atoms with E-state index in [1.54, 1.807) is 0 Å². The molecule has 1 heterocycles. The second kappa shape index (κ2) is 5.91. The highest BCUT2D eigenvalue weighted by Crippen LogP contribution is 2.13. The Hall–Kier alpha value is -2.01. The zero-order valence-electron chi connectivity index (χ0n) is 9.84. The van der Waals surface area contributed by atoms with Gasteiger partial charge in [-0.05, 0) is 36.8 Å². The molecular weight excluding hydrogens is 208 g/mol. The van der Waals surface area contributed by atoms with E-state index in [1.807, 2.05) is 42.5 Å². The second-order valence-electron chi connectivity index (χ2n) is 4.14. The van der Waals surface area contributed by atoms with E-state index in [2.05, 4.69) is 17.2 Å². The molecular formula is C15H16N2. The van der Waals surface area contributed by atoms with E-state index in [1.165, 1.54) is 12.8 Å². The Morgan fingerprint density at radius 3 is 2.53 bits per heavy atom. The number of nitrogens with zero attached hydrogens (tertiary/aromatic N) is 2. The van der Waals surface area contributed by atoms with Gasteiger partial charge in [-0.15, -0.1) is 0 Å². The van der Waals surface area contributed by atoms with Gasteiger partial charge in [-0.25, -0.2) is 0 Å². The van der Waals surface area contributed by atoms with Crippen molar-refractivity contribution in [1.29, 1.82) is 5.26 Å². The van der Waals surface area contributed by atoms with Gasteiger partial charge in [0, 0.05) is 13.1 Å². The summed E-state index contributed by atoms with van der Waals surface area (Å²) in [6.45, 7) is 2.27. The van der Waals surface area contributed by atoms with Gasteiger partial charge in [0.25, 0.3) is 0 Å². The van der Waals surface area contributed by atoms with Crippen molar-refractivity contribution in [3.8, 4) is 6.07 Å². The molecule has 1 saturated heterocycles. The number of nitriles is 1. The fourth-order valence-corrected chi connectivity index (χ4v) is 1.97. The molecule has 0 bridgehead atoms. The lowest BCUT2D eigenvalue weighted by atomic mass is 10.1. The largest absolute Gasteiger partial charge is 0.377 e. The molecule has 0 unspecified atom stereocenters. The molecule has 2 heteroatoms. The van der Waals surface area contributed by atoms with Crippen LogP contribution >= 0.6 is 0 Å². The average Bonchev–Trinajstić information content (AvgIpc) is 2.89. The molecule has 0 spiro atoms. The highest BCUT2D eigenvalue weighted by molar-refractivity contribution is 5.77. The Morgan fingerprint density at radius 2 is 1.88 bits per heavy atom. The van der Waals surface area contributed by atoms with Crippen LogP contribution in [0.5, 0.6) is 0 Å². The summed E-state index contributed by atoms with van der Waals surface area (Å²) in [5.41, 5.74) is 1.68. The van der Waals surface area contributed by atoms with E-state index >= 15 is 0 Å². The molecule has 0 radical (unpaired) electrons. The van der Waals surface area contributed by atoms with Crippen LogP contribution in [-0.4, -0.2) is 18.0 Å². The predicted octanol–water partition coefficient (Wildman–Crippen LogP) is 3.20. The van der Waals surface area contributed by atoms with Crippen LogP contribution < -0.4 is 0 Å². The quantitative estimate of drug-likeness (QED) is 0.582. The van der Waals surface area contributed by atoms with Gasteiger partial charge in [-0.1, -0.05) is 30.3 Å². The summed E-state index contributed by atoms with van der Waals surface area (Å²) in [6, 6.07) is 12.0. The minimum absolute atomic E-state index is 0.709. The maximum Gasteiger partial charge on any atom is 0.0997 e. The highest BCUT2D eigenvalue weighted by Gasteiger charge is 2.05. The van der Waals surface area contributed by atoms with Gasteiger partial charge in [-0.2, -0.15) is 5.26 Å². The van der Waals surface area contributed by atoms with Crippen LogP contribution in [0, 0.1) is 11.3 Å². The minimum Gasteiger partial charge on any atom is -0.377 e. The maximum atomic E-state index is 9.11. The fraction of sp³-hybridized carbons (Fsp3) is 0.267. The number of likely N-dealkylation sites (tertiary alicyclic amines) is 1. The lowest BCUT2D eigenvalue weighted by Crippen LogP contribution is -2.09. The van der Waals surface area contributed by atoms with E-state index in [0.717, 1.165) is 18.7 Å². The number of allylic oxidation sites excluding steroid dienone is 3. The lowest BCUT2D eigenvalue weighted by molar-refractivity contribution is 0.468. The van der Waals surface area contributed by atoms with Crippen LogP contribution in [0.2, 0.25) is 0 Å². The molecule has 0 aromatic heterocycles. The SMILES string of the molecule is N#CC(=CC=CN1CCCC1)c1ccccc1. The standard InChI is InChI=1S/C15H16N2/c16-13-15(14-7-2-1-3-8-14)9-6-12-17-10-4-5-11-17/h1-3,6-9,12H,4-5,10-11H2. The van der Waals surface area contributed by atoms with Crippen LogP contribution in [-0.2, 0) is 0 Å². The molecule has 17 heavy (non-hydrogen) atoms. The van der Waals surface area contributed by atoms with Gasteiger partial charge < -0.3 is 4.90 Å². The van der Waals surface area contributed by atoms with Crippen LogP contribution in [0.3, 0.4) is 0 Å².